The van der Waals surface area contributed by atoms with Crippen molar-refractivity contribution in [3.8, 4) is 18.1 Å². The van der Waals surface area contributed by atoms with Crippen LogP contribution in [0, 0.1) is 12.3 Å². The lowest BCUT2D eigenvalue weighted by Crippen LogP contribution is -2.66. The number of Topliss-reactive ketones (excluding diaryl/α,β-unsaturated/α-hetero) is 1. The minimum Gasteiger partial charge on any atom is -0.463 e. The van der Waals surface area contributed by atoms with Crippen molar-refractivity contribution in [2.45, 2.75) is 278 Å². The molecule has 3 aliphatic heterocycles. The second-order valence-electron chi connectivity index (χ2n) is 30.0. The number of amides is 7. The molecule has 3 heterocycles. The van der Waals surface area contributed by atoms with Gasteiger partial charge in [0.1, 0.15) is 61.2 Å². The molecule has 0 bridgehead atoms. The Labute approximate surface area is 733 Å². The van der Waals surface area contributed by atoms with Crippen molar-refractivity contribution in [1.82, 2.24) is 41.9 Å². The fraction of sp³-hybridized carbons (Fsp3) is 0.707. The summed E-state index contributed by atoms with van der Waals surface area (Å²) in [5.74, 6) is -7.60. The topological polar surface area (TPSA) is 536 Å². The molecule has 0 saturated carbocycles. The third kappa shape index (κ3) is 40.9. The Balaban J connectivity index is 1.62. The molecular formula is C82H125N8O35P. The summed E-state index contributed by atoms with van der Waals surface area (Å²) in [5.41, 5.74) is -1.44. The Morgan fingerprint density at radius 1 is 0.429 bits per heavy atom. The molecule has 1 aromatic carbocycles. The molecule has 1 aromatic rings. The van der Waals surface area contributed by atoms with Crippen LogP contribution in [0.1, 0.15) is 179 Å². The molecule has 0 aliphatic carbocycles. The first-order valence-electron chi connectivity index (χ1n) is 41.3. The summed E-state index contributed by atoms with van der Waals surface area (Å²) < 4.78 is 112. The van der Waals surface area contributed by atoms with E-state index in [2.05, 4.69) is 43.1 Å². The van der Waals surface area contributed by atoms with E-state index in [9.17, 15) is 76.7 Å². The zero-order valence-electron chi connectivity index (χ0n) is 74.4. The van der Waals surface area contributed by atoms with E-state index in [0.717, 1.165) is 55.4 Å². The van der Waals surface area contributed by atoms with E-state index < -0.39 is 208 Å². The first-order chi connectivity index (χ1) is 59.6. The van der Waals surface area contributed by atoms with Gasteiger partial charge >= 0.3 is 56.3 Å². The standard InChI is InChI=1S/C82H125N8O35P/c1-18-19-35-115-126(90(47(2)3)48(4)5)125-62-23-21-61(22-24-62)78(106)89-82(29-26-66(103)83-32-36-107-39-42-110-79-69(86-50(7)92)75(119-58(15)100)72(116-55(12)97)63(122-79)25-20-49(6)91,30-27-67(104)84-33-37-108-40-43-111-80-70(87-51(8)93)76(120-59(16)101)73(117-56(13)98)64(123-80)45-113-53(10)95)31-28-68(105)85-34-38-109-41-44-112-81-71(88-52(9)94)77(121-60(17)102)74(118-57(14)99)65(124-81)46-114-54(11)96/h1,21-24,47-48,63-65,69-77,79-81H,19-20,25-46H2,2-17H3,(H,83,103)(H,84,104)(H,85,105)(H,86,92)(H,87,93)(H,88,94)(H,89,106). The summed E-state index contributed by atoms with van der Waals surface area (Å²) in [5, 5.41) is 19.3. The summed E-state index contributed by atoms with van der Waals surface area (Å²) in [7, 11) is -1.72. The molecule has 16 unspecified atom stereocenters. The maximum absolute atomic E-state index is 14.9. The van der Waals surface area contributed by atoms with E-state index in [1.54, 1.807) is 12.1 Å². The van der Waals surface area contributed by atoms with Gasteiger partial charge in [0, 0.05) is 151 Å². The maximum atomic E-state index is 14.9. The Morgan fingerprint density at radius 3 is 1.07 bits per heavy atom. The zero-order chi connectivity index (χ0) is 93.8. The average Bonchev–Trinajstić information content (AvgIpc) is 0.799. The van der Waals surface area contributed by atoms with Gasteiger partial charge in [-0.3, -0.25) is 71.9 Å². The molecule has 7 N–H and O–H groups in total. The Hall–Kier alpha value is -9.71. The van der Waals surface area contributed by atoms with Crippen LogP contribution < -0.4 is 41.7 Å². The van der Waals surface area contributed by atoms with Crippen LogP contribution in [0.4, 0.5) is 0 Å². The highest BCUT2D eigenvalue weighted by Gasteiger charge is 2.54. The largest absolute Gasteiger partial charge is 0.463 e. The number of rotatable bonds is 56. The lowest BCUT2D eigenvalue weighted by molar-refractivity contribution is -0.279. The highest BCUT2D eigenvalue weighted by molar-refractivity contribution is 7.45. The van der Waals surface area contributed by atoms with E-state index in [4.69, 9.17) is 96.0 Å². The lowest BCUT2D eigenvalue weighted by Gasteiger charge is -2.45. The first kappa shape index (κ1) is 109. The van der Waals surface area contributed by atoms with Crippen LogP contribution in [0.15, 0.2) is 24.3 Å². The number of hydrogen-bond acceptors (Lipinski definition) is 36. The molecule has 0 spiro atoms. The molecule has 3 aliphatic rings. The molecule has 708 valence electrons. The number of ketones is 1. The Morgan fingerprint density at radius 2 is 0.762 bits per heavy atom. The summed E-state index contributed by atoms with van der Waals surface area (Å²) in [4.78, 5) is 205. The van der Waals surface area contributed by atoms with Gasteiger partial charge in [-0.2, -0.15) is 0 Å². The first-order valence-corrected chi connectivity index (χ1v) is 42.5. The van der Waals surface area contributed by atoms with Crippen LogP contribution >= 0.6 is 8.53 Å². The minimum atomic E-state index is -1.72. The van der Waals surface area contributed by atoms with Gasteiger partial charge in [0.25, 0.3) is 5.91 Å². The van der Waals surface area contributed by atoms with Crippen molar-refractivity contribution >= 4 is 103 Å². The molecule has 16 atom stereocenters. The second-order valence-corrected chi connectivity index (χ2v) is 31.4. The van der Waals surface area contributed by atoms with Crippen LogP contribution in [0.5, 0.6) is 5.75 Å². The van der Waals surface area contributed by atoms with Crippen LogP contribution in [0.25, 0.3) is 0 Å². The molecular weight excluding hydrogens is 1690 g/mol. The van der Waals surface area contributed by atoms with E-state index in [0.29, 0.717) is 12.2 Å². The predicted molar refractivity (Wildman–Crippen MR) is 438 cm³/mol. The van der Waals surface area contributed by atoms with E-state index in [1.807, 2.05) is 32.4 Å². The number of carbonyl (C=O) groups is 16. The summed E-state index contributed by atoms with van der Waals surface area (Å²) in [6.45, 7) is 19.3. The highest BCUT2D eigenvalue weighted by Crippen LogP contribution is 2.46. The summed E-state index contributed by atoms with van der Waals surface area (Å²) >= 11 is 0. The average molecular weight is 1810 g/mol. The number of carbonyl (C=O) groups excluding carboxylic acids is 16. The lowest BCUT2D eigenvalue weighted by atomic mass is 9.82. The van der Waals surface area contributed by atoms with Crippen molar-refractivity contribution in [3.05, 3.63) is 29.8 Å². The van der Waals surface area contributed by atoms with E-state index in [1.165, 1.54) is 39.8 Å². The minimum absolute atomic E-state index is 0.00961. The van der Waals surface area contributed by atoms with Gasteiger partial charge in [-0.05, 0) is 84.6 Å². The fourth-order valence-corrected chi connectivity index (χ4v) is 15.1. The number of nitrogens with one attached hydrogen (secondary N) is 7. The third-order valence-electron chi connectivity index (χ3n) is 18.6. The number of benzene rings is 1. The van der Waals surface area contributed by atoms with Gasteiger partial charge < -0.3 is 132 Å². The number of esters is 8. The molecule has 126 heavy (non-hydrogen) atoms. The smallest absolute Gasteiger partial charge is 0.321 e. The fourth-order valence-electron chi connectivity index (χ4n) is 13.6. The number of nitrogens with zero attached hydrogens (tertiary/aromatic N) is 1. The van der Waals surface area contributed by atoms with Crippen molar-refractivity contribution in [3.63, 3.8) is 0 Å². The van der Waals surface area contributed by atoms with Crippen molar-refractivity contribution in [2.24, 2.45) is 0 Å². The SMILES string of the molecule is C#CCCOP(Oc1ccc(C(=O)NC(CCC(=O)NCCOCCOC2OC(CCC(C)=O)C(OC(C)=O)C(OC(C)=O)C2NC(C)=O)(CCC(=O)NCCOCCOC2OC(COC(C)=O)C(OC(C)=O)C(OC(C)=O)C2NC(C)=O)CCC(=O)NCCOCCOC2OC(COC(C)=O)C(OC(C)=O)C(OC(C)=O)C2NC(C)=O)cc1)N(C(C)C)C(C)C. The molecule has 0 aromatic heterocycles. The van der Waals surface area contributed by atoms with E-state index >= 15 is 0 Å². The van der Waals surface area contributed by atoms with Crippen molar-refractivity contribution in [1.29, 1.82) is 0 Å². The van der Waals surface area contributed by atoms with E-state index in [-0.39, 0.29) is 161 Å². The normalized spacial score (nSPS) is 22.7. The van der Waals surface area contributed by atoms with Crippen LogP contribution in [0.3, 0.4) is 0 Å². The molecule has 0 radical (unpaired) electrons. The molecule has 43 nitrogen and oxygen atoms in total. The van der Waals surface area contributed by atoms with Crippen LogP contribution in [-0.4, -0.2) is 308 Å². The molecule has 3 fully saturated rings. The van der Waals surface area contributed by atoms with Gasteiger partial charge in [-0.15, -0.1) is 12.3 Å². The Bertz CT molecular complexity index is 3480. The van der Waals surface area contributed by atoms with Crippen LogP contribution in [0.2, 0.25) is 0 Å². The number of hydrogen-bond donors (Lipinski definition) is 7. The van der Waals surface area contributed by atoms with Gasteiger partial charge in [-0.25, -0.2) is 4.67 Å². The molecule has 4 rings (SSSR count). The zero-order valence-corrected chi connectivity index (χ0v) is 75.2. The summed E-state index contributed by atoms with van der Waals surface area (Å²) in [6.07, 6.45) is -11.3. The monoisotopic (exact) mass is 1810 g/mol. The molecule has 7 amide bonds. The number of terminal acetylenes is 1. The third-order valence-corrected chi connectivity index (χ3v) is 20.7. The molecule has 44 heteroatoms. The summed E-state index contributed by atoms with van der Waals surface area (Å²) in [6, 6.07) is 2.38. The van der Waals surface area contributed by atoms with Gasteiger partial charge in [-0.1, -0.05) is 0 Å². The van der Waals surface area contributed by atoms with Crippen molar-refractivity contribution in [2.75, 3.05) is 98.9 Å². The quantitative estimate of drug-likeness (QED) is 0.0160. The molecule has 3 saturated heterocycles. The second kappa shape index (κ2) is 57.2. The highest BCUT2D eigenvalue weighted by atomic mass is 31.2. The number of ether oxygens (including phenoxy) is 17. The van der Waals surface area contributed by atoms with Crippen LogP contribution in [-0.2, 0) is 157 Å². The Kier molecular flexibility index (Phi) is 49.3. The van der Waals surface area contributed by atoms with Gasteiger partial charge in [0.2, 0.25) is 35.4 Å². The van der Waals surface area contributed by atoms with Crippen molar-refractivity contribution < 1.29 is 166 Å². The predicted octanol–water partition coefficient (Wildman–Crippen LogP) is 1.48. The van der Waals surface area contributed by atoms with Gasteiger partial charge in [0.15, 0.2) is 55.5 Å². The van der Waals surface area contributed by atoms with Gasteiger partial charge in [0.05, 0.1) is 66.1 Å². The maximum Gasteiger partial charge on any atom is 0.321 e.